The summed E-state index contributed by atoms with van der Waals surface area (Å²) < 4.78 is 49.0. The summed E-state index contributed by atoms with van der Waals surface area (Å²) in [6.45, 7) is 3.10. The van der Waals surface area contributed by atoms with Gasteiger partial charge < -0.3 is 15.4 Å². The third-order valence-electron chi connectivity index (χ3n) is 7.98. The molecule has 2 saturated carbocycles. The maximum atomic E-state index is 15.3. The molecule has 3 aliphatic heterocycles. The number of nitrogens with one attached hydrogen (secondary N) is 1. The number of alkyl halides is 3. The first-order valence-electron chi connectivity index (χ1n) is 11.7. The van der Waals surface area contributed by atoms with Crippen LogP contribution in [0.25, 0.3) is 0 Å². The second-order valence-corrected chi connectivity index (χ2v) is 9.84. The van der Waals surface area contributed by atoms with Gasteiger partial charge in [0, 0.05) is 31.8 Å². The molecule has 2 saturated heterocycles. The van der Waals surface area contributed by atoms with Crippen LogP contribution in [-0.2, 0) is 14.3 Å². The van der Waals surface area contributed by atoms with Crippen LogP contribution in [0.15, 0.2) is 11.8 Å². The minimum atomic E-state index is -1.45. The zero-order chi connectivity index (χ0) is 22.7. The van der Waals surface area contributed by atoms with Crippen LogP contribution in [0.1, 0.15) is 32.6 Å². The number of carbonyl (C=O) groups excluding carboxylic acids is 2. The molecule has 2 aliphatic carbocycles. The quantitative estimate of drug-likeness (QED) is 0.483. The number of hydrogen-bond acceptors (Lipinski definition) is 7. The molecular weight excluding hydrogens is 425 g/mol. The van der Waals surface area contributed by atoms with E-state index in [0.29, 0.717) is 24.9 Å². The van der Waals surface area contributed by atoms with E-state index in [-0.39, 0.29) is 43.9 Å². The molecule has 0 amide bonds. The predicted octanol–water partition coefficient (Wildman–Crippen LogP) is 1.04. The first kappa shape index (κ1) is 22.2. The van der Waals surface area contributed by atoms with Crippen LogP contribution in [0.4, 0.5) is 13.2 Å². The number of halogens is 3. The van der Waals surface area contributed by atoms with Crippen molar-refractivity contribution in [2.45, 2.75) is 75.5 Å². The maximum absolute atomic E-state index is 15.3. The van der Waals surface area contributed by atoms with Crippen molar-refractivity contribution in [1.29, 1.82) is 0 Å². The lowest BCUT2D eigenvalue weighted by molar-refractivity contribution is -0.144. The molecule has 4 fully saturated rings. The van der Waals surface area contributed by atoms with Gasteiger partial charge in [-0.05, 0) is 38.0 Å². The number of hydrogen-bond donors (Lipinski definition) is 2. The van der Waals surface area contributed by atoms with E-state index in [2.05, 4.69) is 5.32 Å². The second kappa shape index (κ2) is 8.29. The number of likely N-dealkylation sites (tertiary alicyclic amines) is 1. The lowest BCUT2D eigenvalue weighted by atomic mass is 9.80. The van der Waals surface area contributed by atoms with E-state index in [1.165, 1.54) is 6.20 Å². The van der Waals surface area contributed by atoms with Gasteiger partial charge in [-0.2, -0.15) is 0 Å². The summed E-state index contributed by atoms with van der Waals surface area (Å²) in [5.41, 5.74) is 5.83. The molecule has 5 aliphatic rings. The Morgan fingerprint density at radius 2 is 1.88 bits per heavy atom. The van der Waals surface area contributed by atoms with Gasteiger partial charge in [-0.15, -0.1) is 0 Å². The Labute approximate surface area is 185 Å². The van der Waals surface area contributed by atoms with Gasteiger partial charge in [-0.3, -0.25) is 15.0 Å². The standard InChI is InChI=1S/C22H31F3N4O3/c1-2-32-22(31)14-9-29(17-4-3-10(23)5-15(17)24)20-11(19(14)30)6-16(25)21(27-20)28-7-12-13(8-28)18(12)26/h9-13,15-18,20-21,27H,2-8,26H2,1H3/t10?,11?,12-,13+,15?,16?,17?,18?,20?,21?. The Morgan fingerprint density at radius 3 is 2.53 bits per heavy atom. The number of esters is 1. The number of ketones is 1. The molecule has 10 heteroatoms. The molecule has 32 heavy (non-hydrogen) atoms. The van der Waals surface area contributed by atoms with Gasteiger partial charge in [0.15, 0.2) is 5.78 Å². The first-order chi connectivity index (χ1) is 15.3. The number of piperidine rings is 2. The molecule has 178 valence electrons. The van der Waals surface area contributed by atoms with Crippen molar-refractivity contribution in [2.75, 3.05) is 19.7 Å². The normalized spacial score (nSPS) is 46.3. The number of ether oxygens (including phenoxy) is 1. The minimum absolute atomic E-state index is 0.0678. The van der Waals surface area contributed by atoms with Crippen LogP contribution in [0.3, 0.4) is 0 Å². The number of Topliss-reactive ketones (excluding diaryl/α,β-unsaturated/α-hetero) is 1. The third-order valence-corrected chi connectivity index (χ3v) is 7.98. The summed E-state index contributed by atoms with van der Waals surface area (Å²) in [4.78, 5) is 29.2. The number of fused-ring (bicyclic) bond motifs is 2. The molecule has 0 aromatic rings. The molecule has 0 bridgehead atoms. The van der Waals surface area contributed by atoms with Crippen molar-refractivity contribution in [3.63, 3.8) is 0 Å². The molecule has 8 unspecified atom stereocenters. The Morgan fingerprint density at radius 1 is 1.16 bits per heavy atom. The second-order valence-electron chi connectivity index (χ2n) is 9.84. The fourth-order valence-corrected chi connectivity index (χ4v) is 6.15. The van der Waals surface area contributed by atoms with E-state index in [1.54, 1.807) is 11.8 Å². The van der Waals surface area contributed by atoms with Crippen LogP contribution in [0, 0.1) is 17.8 Å². The largest absolute Gasteiger partial charge is 0.462 e. The van der Waals surface area contributed by atoms with Gasteiger partial charge >= 0.3 is 5.97 Å². The van der Waals surface area contributed by atoms with Crippen LogP contribution < -0.4 is 11.1 Å². The average molecular weight is 457 g/mol. The summed E-state index contributed by atoms with van der Waals surface area (Å²) in [5, 5.41) is 3.26. The SMILES string of the molecule is CCOC(=O)C1=CN(C2CCC(F)CC2F)C2NC(N3C[C@@H]4C(N)[C@@H]4C3)C(F)CC2C1=O. The molecule has 3 heterocycles. The average Bonchev–Trinajstić information content (AvgIpc) is 3.15. The molecule has 0 radical (unpaired) electrons. The monoisotopic (exact) mass is 456 g/mol. The van der Waals surface area contributed by atoms with Gasteiger partial charge in [0.05, 0.1) is 30.9 Å². The van der Waals surface area contributed by atoms with E-state index < -0.39 is 54.6 Å². The van der Waals surface area contributed by atoms with Gasteiger partial charge in [0.2, 0.25) is 0 Å². The fraction of sp³-hybridized carbons (Fsp3) is 0.818. The van der Waals surface area contributed by atoms with Crippen LogP contribution in [0.5, 0.6) is 0 Å². The van der Waals surface area contributed by atoms with Crippen LogP contribution in [0.2, 0.25) is 0 Å². The maximum Gasteiger partial charge on any atom is 0.343 e. The molecule has 0 spiro atoms. The smallest absolute Gasteiger partial charge is 0.343 e. The highest BCUT2D eigenvalue weighted by Crippen LogP contribution is 2.46. The summed E-state index contributed by atoms with van der Waals surface area (Å²) in [6, 6.07) is -0.525. The summed E-state index contributed by atoms with van der Waals surface area (Å²) in [5.74, 6) is -1.38. The number of rotatable bonds is 4. The van der Waals surface area contributed by atoms with Crippen molar-refractivity contribution in [2.24, 2.45) is 23.5 Å². The Hall–Kier alpha value is -1.65. The highest BCUT2D eigenvalue weighted by Gasteiger charge is 2.58. The predicted molar refractivity (Wildman–Crippen MR) is 109 cm³/mol. The van der Waals surface area contributed by atoms with E-state index in [9.17, 15) is 18.4 Å². The van der Waals surface area contributed by atoms with Gasteiger partial charge in [-0.25, -0.2) is 18.0 Å². The topological polar surface area (TPSA) is 87.9 Å². The molecular formula is C22H31F3N4O3. The van der Waals surface area contributed by atoms with Crippen LogP contribution >= 0.6 is 0 Å². The molecule has 0 aromatic carbocycles. The summed E-state index contributed by atoms with van der Waals surface area (Å²) in [7, 11) is 0. The summed E-state index contributed by atoms with van der Waals surface area (Å²) >= 11 is 0. The Balaban J connectivity index is 1.43. The van der Waals surface area contributed by atoms with E-state index in [0.717, 1.165) is 0 Å². The fourth-order valence-electron chi connectivity index (χ4n) is 6.15. The van der Waals surface area contributed by atoms with Crippen molar-refractivity contribution >= 4 is 11.8 Å². The van der Waals surface area contributed by atoms with Crippen LogP contribution in [-0.4, -0.2) is 84.2 Å². The first-order valence-corrected chi connectivity index (χ1v) is 11.7. The van der Waals surface area contributed by atoms with Crippen molar-refractivity contribution in [1.82, 2.24) is 15.1 Å². The molecule has 0 aromatic heterocycles. The van der Waals surface area contributed by atoms with E-state index in [1.807, 2.05) is 4.90 Å². The van der Waals surface area contributed by atoms with Gasteiger partial charge in [0.1, 0.15) is 24.1 Å². The Kier molecular flexibility index (Phi) is 5.74. The van der Waals surface area contributed by atoms with Crippen molar-refractivity contribution < 1.29 is 27.5 Å². The highest BCUT2D eigenvalue weighted by molar-refractivity contribution is 6.18. The van der Waals surface area contributed by atoms with E-state index >= 15 is 4.39 Å². The van der Waals surface area contributed by atoms with Gasteiger partial charge in [0.25, 0.3) is 0 Å². The van der Waals surface area contributed by atoms with Gasteiger partial charge in [-0.1, -0.05) is 0 Å². The Bertz CT molecular complexity index is 801. The molecule has 5 rings (SSSR count). The zero-order valence-corrected chi connectivity index (χ0v) is 18.1. The van der Waals surface area contributed by atoms with Crippen molar-refractivity contribution in [3.05, 3.63) is 11.8 Å². The van der Waals surface area contributed by atoms with E-state index in [4.69, 9.17) is 10.5 Å². The number of nitrogens with zero attached hydrogens (tertiary/aromatic N) is 2. The third kappa shape index (κ3) is 3.64. The minimum Gasteiger partial charge on any atom is -0.462 e. The number of nitrogens with two attached hydrogens (primary N) is 1. The van der Waals surface area contributed by atoms with Crippen molar-refractivity contribution in [3.8, 4) is 0 Å². The zero-order valence-electron chi connectivity index (χ0n) is 18.1. The molecule has 3 N–H and O–H groups in total. The molecule has 7 nitrogen and oxygen atoms in total. The lowest BCUT2D eigenvalue weighted by Gasteiger charge is -2.52. The number of carbonyl (C=O) groups is 2. The summed E-state index contributed by atoms with van der Waals surface area (Å²) in [6.07, 6.45) is -3.73. The highest BCUT2D eigenvalue weighted by atomic mass is 19.1. The molecule has 10 atom stereocenters. The lowest BCUT2D eigenvalue weighted by Crippen LogP contribution is -2.69.